The summed E-state index contributed by atoms with van der Waals surface area (Å²) in [5, 5.41) is 6.42. The molecule has 0 saturated heterocycles. The van der Waals surface area contributed by atoms with E-state index in [2.05, 4.69) is 15.8 Å². The summed E-state index contributed by atoms with van der Waals surface area (Å²) in [6.07, 6.45) is 4.39. The number of ether oxygens (including phenoxy) is 2. The number of methoxy groups -OCH3 is 1. The molecule has 3 rings (SSSR count). The molecular formula is C27H25N3O5. The maximum Gasteiger partial charge on any atom is 0.336 e. The molecule has 0 aromatic heterocycles. The molecule has 3 aromatic rings. The fourth-order valence-corrected chi connectivity index (χ4v) is 2.91. The zero-order valence-corrected chi connectivity index (χ0v) is 19.4. The molecule has 0 spiro atoms. The number of amides is 2. The highest BCUT2D eigenvalue weighted by molar-refractivity contribution is 5.96. The SMILES string of the molecule is COc1cc(C=NNC(=O)CNC(=O)c2ccc(C)cc2)ccc1OC(=O)C=Cc1ccccc1. The quantitative estimate of drug-likeness (QED) is 0.163. The Morgan fingerprint density at radius 2 is 1.66 bits per heavy atom. The number of benzene rings is 3. The molecule has 0 radical (unpaired) electrons. The molecule has 0 aliphatic rings. The number of esters is 1. The van der Waals surface area contributed by atoms with Crippen molar-refractivity contribution in [3.63, 3.8) is 0 Å². The summed E-state index contributed by atoms with van der Waals surface area (Å²) < 4.78 is 10.6. The van der Waals surface area contributed by atoms with Gasteiger partial charge in [-0.1, -0.05) is 48.0 Å². The lowest BCUT2D eigenvalue weighted by molar-refractivity contribution is -0.129. The van der Waals surface area contributed by atoms with E-state index in [1.807, 2.05) is 49.4 Å². The summed E-state index contributed by atoms with van der Waals surface area (Å²) in [5.74, 6) is -0.808. The molecule has 0 unspecified atom stereocenters. The zero-order valence-electron chi connectivity index (χ0n) is 19.4. The van der Waals surface area contributed by atoms with Gasteiger partial charge in [0.1, 0.15) is 0 Å². The molecule has 0 fully saturated rings. The number of carbonyl (C=O) groups is 3. The number of hydrogen-bond acceptors (Lipinski definition) is 6. The van der Waals surface area contributed by atoms with Crippen molar-refractivity contribution in [2.45, 2.75) is 6.92 Å². The number of nitrogens with zero attached hydrogens (tertiary/aromatic N) is 1. The maximum absolute atomic E-state index is 12.1. The third kappa shape index (κ3) is 7.97. The average molecular weight is 472 g/mol. The van der Waals surface area contributed by atoms with E-state index in [-0.39, 0.29) is 18.2 Å². The van der Waals surface area contributed by atoms with E-state index < -0.39 is 11.9 Å². The minimum atomic E-state index is -0.548. The second-order valence-electron chi connectivity index (χ2n) is 7.42. The smallest absolute Gasteiger partial charge is 0.336 e. The first-order valence-electron chi connectivity index (χ1n) is 10.7. The molecule has 2 N–H and O–H groups in total. The molecule has 0 aliphatic heterocycles. The fraction of sp³-hybridized carbons (Fsp3) is 0.111. The lowest BCUT2D eigenvalue weighted by Crippen LogP contribution is -2.34. The molecule has 8 heteroatoms. The molecule has 0 saturated carbocycles. The molecule has 0 bridgehead atoms. The van der Waals surface area contributed by atoms with Gasteiger partial charge in [0.2, 0.25) is 0 Å². The van der Waals surface area contributed by atoms with Gasteiger partial charge in [0.15, 0.2) is 11.5 Å². The lowest BCUT2D eigenvalue weighted by Gasteiger charge is -2.08. The van der Waals surface area contributed by atoms with Crippen molar-refractivity contribution in [3.8, 4) is 11.5 Å². The van der Waals surface area contributed by atoms with Crippen molar-refractivity contribution in [3.05, 3.63) is 101 Å². The van der Waals surface area contributed by atoms with Gasteiger partial charge in [-0.15, -0.1) is 0 Å². The zero-order chi connectivity index (χ0) is 25.0. The summed E-state index contributed by atoms with van der Waals surface area (Å²) in [6.45, 7) is 1.70. The number of rotatable bonds is 9. The molecule has 0 atom stereocenters. The van der Waals surface area contributed by atoms with E-state index in [4.69, 9.17) is 9.47 Å². The molecule has 0 heterocycles. The van der Waals surface area contributed by atoms with Gasteiger partial charge in [-0.3, -0.25) is 9.59 Å². The molecule has 3 aromatic carbocycles. The number of aryl methyl sites for hydroxylation is 1. The van der Waals surface area contributed by atoms with Gasteiger partial charge in [0, 0.05) is 11.6 Å². The Kier molecular flexibility index (Phi) is 8.90. The Labute approximate surface area is 203 Å². The van der Waals surface area contributed by atoms with E-state index in [0.29, 0.717) is 16.9 Å². The van der Waals surface area contributed by atoms with Crippen LogP contribution in [0.4, 0.5) is 0 Å². The van der Waals surface area contributed by atoms with E-state index >= 15 is 0 Å². The van der Waals surface area contributed by atoms with Gasteiger partial charge in [0.25, 0.3) is 11.8 Å². The van der Waals surface area contributed by atoms with Crippen LogP contribution < -0.4 is 20.2 Å². The Hall–Kier alpha value is -4.72. The first-order chi connectivity index (χ1) is 16.9. The van der Waals surface area contributed by atoms with Crippen LogP contribution in [0.15, 0.2) is 84.0 Å². The Morgan fingerprint density at radius 1 is 0.914 bits per heavy atom. The van der Waals surface area contributed by atoms with Gasteiger partial charge in [-0.2, -0.15) is 5.10 Å². The van der Waals surface area contributed by atoms with Crippen LogP contribution in [0.5, 0.6) is 11.5 Å². The minimum absolute atomic E-state index is 0.223. The molecule has 178 valence electrons. The lowest BCUT2D eigenvalue weighted by atomic mass is 10.1. The van der Waals surface area contributed by atoms with Crippen LogP contribution in [-0.2, 0) is 9.59 Å². The topological polar surface area (TPSA) is 106 Å². The standard InChI is InChI=1S/C27H25N3O5/c1-19-8-12-22(13-9-19)27(33)28-18-25(31)30-29-17-21-10-14-23(24(16-21)34-2)35-26(32)15-11-20-6-4-3-5-7-20/h3-17H,18H2,1-2H3,(H,28,33)(H,30,31). The summed E-state index contributed by atoms with van der Waals surface area (Å²) in [4.78, 5) is 36.2. The van der Waals surface area contributed by atoms with Crippen molar-refractivity contribution in [1.29, 1.82) is 0 Å². The van der Waals surface area contributed by atoms with Crippen LogP contribution in [0.2, 0.25) is 0 Å². The van der Waals surface area contributed by atoms with Crippen molar-refractivity contribution in [2.75, 3.05) is 13.7 Å². The van der Waals surface area contributed by atoms with Gasteiger partial charge >= 0.3 is 5.97 Å². The molecule has 2 amide bonds. The summed E-state index contributed by atoms with van der Waals surface area (Å²) in [7, 11) is 1.45. The molecule has 35 heavy (non-hydrogen) atoms. The maximum atomic E-state index is 12.1. The summed E-state index contributed by atoms with van der Waals surface area (Å²) in [5.41, 5.74) is 5.33. The van der Waals surface area contributed by atoms with Gasteiger partial charge in [-0.25, -0.2) is 10.2 Å². The van der Waals surface area contributed by atoms with Crippen LogP contribution in [-0.4, -0.2) is 37.7 Å². The monoisotopic (exact) mass is 471 g/mol. The number of carbonyl (C=O) groups excluding carboxylic acids is 3. The third-order valence-electron chi connectivity index (χ3n) is 4.74. The van der Waals surface area contributed by atoms with Crippen LogP contribution in [0.3, 0.4) is 0 Å². The second-order valence-corrected chi connectivity index (χ2v) is 7.42. The largest absolute Gasteiger partial charge is 0.493 e. The van der Waals surface area contributed by atoms with Crippen LogP contribution in [0.1, 0.15) is 27.0 Å². The predicted molar refractivity (Wildman–Crippen MR) is 133 cm³/mol. The third-order valence-corrected chi connectivity index (χ3v) is 4.74. The van der Waals surface area contributed by atoms with E-state index in [0.717, 1.165) is 11.1 Å². The highest BCUT2D eigenvalue weighted by Gasteiger charge is 2.09. The summed E-state index contributed by atoms with van der Waals surface area (Å²) in [6, 6.07) is 21.2. The van der Waals surface area contributed by atoms with E-state index in [1.54, 1.807) is 36.4 Å². The van der Waals surface area contributed by atoms with Crippen molar-refractivity contribution < 1.29 is 23.9 Å². The Balaban J connectivity index is 1.50. The Bertz CT molecular complexity index is 1240. The van der Waals surface area contributed by atoms with Gasteiger partial charge in [-0.05, 0) is 54.5 Å². The highest BCUT2D eigenvalue weighted by Crippen LogP contribution is 2.27. The molecular weight excluding hydrogens is 446 g/mol. The van der Waals surface area contributed by atoms with Crippen molar-refractivity contribution in [1.82, 2.24) is 10.7 Å². The normalized spacial score (nSPS) is 10.8. The fourth-order valence-electron chi connectivity index (χ4n) is 2.91. The highest BCUT2D eigenvalue weighted by atomic mass is 16.6. The van der Waals surface area contributed by atoms with Gasteiger partial charge < -0.3 is 14.8 Å². The van der Waals surface area contributed by atoms with Crippen LogP contribution in [0.25, 0.3) is 6.08 Å². The van der Waals surface area contributed by atoms with E-state index in [9.17, 15) is 14.4 Å². The number of hydrogen-bond donors (Lipinski definition) is 2. The Morgan fingerprint density at radius 3 is 2.37 bits per heavy atom. The van der Waals surface area contributed by atoms with Crippen molar-refractivity contribution in [2.24, 2.45) is 5.10 Å². The number of hydrazone groups is 1. The first kappa shape index (κ1) is 24.9. The van der Waals surface area contributed by atoms with Crippen LogP contribution in [0, 0.1) is 6.92 Å². The minimum Gasteiger partial charge on any atom is -0.493 e. The first-order valence-corrected chi connectivity index (χ1v) is 10.7. The van der Waals surface area contributed by atoms with Gasteiger partial charge in [0.05, 0.1) is 19.9 Å². The number of nitrogens with one attached hydrogen (secondary N) is 2. The molecule has 8 nitrogen and oxygen atoms in total. The predicted octanol–water partition coefficient (Wildman–Crippen LogP) is 3.50. The van der Waals surface area contributed by atoms with Crippen LogP contribution >= 0.6 is 0 Å². The van der Waals surface area contributed by atoms with E-state index in [1.165, 1.54) is 19.4 Å². The van der Waals surface area contributed by atoms with Crippen molar-refractivity contribution >= 4 is 30.1 Å². The second kappa shape index (κ2) is 12.5. The molecule has 0 aliphatic carbocycles. The summed E-state index contributed by atoms with van der Waals surface area (Å²) >= 11 is 0. The average Bonchev–Trinajstić information content (AvgIpc) is 2.88.